The molecule has 0 radical (unpaired) electrons. The minimum Gasteiger partial charge on any atom is -0.457 e. The van der Waals surface area contributed by atoms with Gasteiger partial charge in [0.25, 0.3) is 5.91 Å². The van der Waals surface area contributed by atoms with Crippen LogP contribution in [-0.2, 0) is 6.18 Å². The molecule has 0 aliphatic rings. The van der Waals surface area contributed by atoms with Gasteiger partial charge in [-0.25, -0.2) is 10.2 Å². The van der Waals surface area contributed by atoms with E-state index < -0.39 is 28.7 Å². The normalized spacial score (nSPS) is 11.2. The zero-order valence-electron chi connectivity index (χ0n) is 18.9. The lowest BCUT2D eigenvalue weighted by Crippen LogP contribution is -2.19. The summed E-state index contributed by atoms with van der Waals surface area (Å²) in [6.07, 6.45) is 0.0160. The standard InChI is InChI=1S/C24H21ClF3N5O3/c1-2-3-11-30-33-22(34)21-14-18(10-12-29-21)36-17-7-4-15(5-8-17)31-23(35)32-16-6-9-20(25)19(13-16)24(26,27)28/h4-14H,2-3H2,1H3,(H,33,34)(H2,31,32,35)/b30-11+. The van der Waals surface area contributed by atoms with Crippen LogP contribution in [-0.4, -0.2) is 23.1 Å². The lowest BCUT2D eigenvalue weighted by atomic mass is 10.2. The second kappa shape index (κ2) is 12.0. The van der Waals surface area contributed by atoms with Crippen molar-refractivity contribution >= 4 is 41.1 Å². The number of hydrazone groups is 1. The number of benzene rings is 2. The summed E-state index contributed by atoms with van der Waals surface area (Å²) in [6, 6.07) is 11.5. The molecule has 188 valence electrons. The fourth-order valence-corrected chi connectivity index (χ4v) is 3.03. The van der Waals surface area contributed by atoms with Crippen LogP contribution in [0.15, 0.2) is 65.9 Å². The van der Waals surface area contributed by atoms with Crippen molar-refractivity contribution in [2.24, 2.45) is 5.10 Å². The molecule has 12 heteroatoms. The topological polar surface area (TPSA) is 105 Å². The molecule has 0 saturated heterocycles. The number of hydrogen-bond donors (Lipinski definition) is 3. The number of nitrogens with one attached hydrogen (secondary N) is 3. The number of carbonyl (C=O) groups excluding carboxylic acids is 2. The smallest absolute Gasteiger partial charge is 0.417 e. The molecule has 0 bridgehead atoms. The van der Waals surface area contributed by atoms with Crippen molar-refractivity contribution in [3.63, 3.8) is 0 Å². The van der Waals surface area contributed by atoms with Crippen molar-refractivity contribution in [2.75, 3.05) is 10.6 Å². The highest BCUT2D eigenvalue weighted by Crippen LogP contribution is 2.36. The maximum atomic E-state index is 13.0. The van der Waals surface area contributed by atoms with Gasteiger partial charge in [-0.2, -0.15) is 18.3 Å². The quantitative estimate of drug-likeness (QED) is 0.227. The Hall–Kier alpha value is -4.12. The minimum absolute atomic E-state index is 0.0715. The average Bonchev–Trinajstić information content (AvgIpc) is 2.83. The van der Waals surface area contributed by atoms with Crippen molar-refractivity contribution in [1.82, 2.24) is 10.4 Å². The highest BCUT2D eigenvalue weighted by atomic mass is 35.5. The van der Waals surface area contributed by atoms with E-state index in [1.54, 1.807) is 24.4 Å². The molecule has 0 aliphatic heterocycles. The lowest BCUT2D eigenvalue weighted by molar-refractivity contribution is -0.137. The molecule has 1 heterocycles. The Labute approximate surface area is 209 Å². The van der Waals surface area contributed by atoms with Crippen LogP contribution in [0.25, 0.3) is 0 Å². The Bertz CT molecular complexity index is 1250. The molecule has 2 aromatic carbocycles. The van der Waals surface area contributed by atoms with Gasteiger partial charge < -0.3 is 15.4 Å². The van der Waals surface area contributed by atoms with Gasteiger partial charge in [0.1, 0.15) is 17.2 Å². The van der Waals surface area contributed by atoms with Gasteiger partial charge in [0, 0.05) is 29.9 Å². The Morgan fingerprint density at radius 1 is 1.03 bits per heavy atom. The highest BCUT2D eigenvalue weighted by Gasteiger charge is 2.33. The number of rotatable bonds is 8. The second-order valence-corrected chi connectivity index (χ2v) is 7.72. The summed E-state index contributed by atoms with van der Waals surface area (Å²) >= 11 is 5.59. The van der Waals surface area contributed by atoms with Gasteiger partial charge in [0.2, 0.25) is 0 Å². The van der Waals surface area contributed by atoms with Crippen molar-refractivity contribution in [2.45, 2.75) is 25.9 Å². The number of nitrogens with zero attached hydrogens (tertiary/aromatic N) is 2. The van der Waals surface area contributed by atoms with Gasteiger partial charge in [-0.1, -0.05) is 24.9 Å². The van der Waals surface area contributed by atoms with E-state index in [9.17, 15) is 22.8 Å². The minimum atomic E-state index is -4.65. The van der Waals surface area contributed by atoms with E-state index in [2.05, 4.69) is 26.1 Å². The van der Waals surface area contributed by atoms with Crippen molar-refractivity contribution in [3.8, 4) is 11.5 Å². The molecule has 0 fully saturated rings. The molecule has 0 unspecified atom stereocenters. The van der Waals surface area contributed by atoms with Crippen LogP contribution in [0.2, 0.25) is 5.02 Å². The van der Waals surface area contributed by atoms with Gasteiger partial charge in [0.05, 0.1) is 10.6 Å². The number of aromatic nitrogens is 1. The first-order valence-corrected chi connectivity index (χ1v) is 11.0. The molecule has 3 rings (SSSR count). The molecule has 0 saturated carbocycles. The summed E-state index contributed by atoms with van der Waals surface area (Å²) in [5.74, 6) is 0.280. The zero-order valence-corrected chi connectivity index (χ0v) is 19.7. The maximum absolute atomic E-state index is 13.0. The first kappa shape index (κ1) is 26.5. The van der Waals surface area contributed by atoms with Crippen LogP contribution in [0.4, 0.5) is 29.3 Å². The summed E-state index contributed by atoms with van der Waals surface area (Å²) in [4.78, 5) is 28.3. The number of alkyl halides is 3. The van der Waals surface area contributed by atoms with Crippen LogP contribution in [0.1, 0.15) is 35.8 Å². The number of amides is 3. The Morgan fingerprint density at radius 2 is 1.72 bits per heavy atom. The number of urea groups is 1. The van der Waals surface area contributed by atoms with Gasteiger partial charge in [-0.3, -0.25) is 9.78 Å². The molecule has 3 amide bonds. The fourth-order valence-electron chi connectivity index (χ4n) is 2.81. The number of anilines is 2. The summed E-state index contributed by atoms with van der Waals surface area (Å²) in [5.41, 5.74) is 1.74. The van der Waals surface area contributed by atoms with Crippen LogP contribution in [0, 0.1) is 0 Å². The van der Waals surface area contributed by atoms with Crippen molar-refractivity contribution < 1.29 is 27.5 Å². The highest BCUT2D eigenvalue weighted by molar-refractivity contribution is 6.31. The molecule has 0 spiro atoms. The Morgan fingerprint density at radius 3 is 2.42 bits per heavy atom. The van der Waals surface area contributed by atoms with E-state index in [-0.39, 0.29) is 11.4 Å². The van der Waals surface area contributed by atoms with Gasteiger partial charge >= 0.3 is 12.2 Å². The van der Waals surface area contributed by atoms with Crippen LogP contribution < -0.4 is 20.8 Å². The number of hydrogen-bond acceptors (Lipinski definition) is 5. The summed E-state index contributed by atoms with van der Waals surface area (Å²) < 4.78 is 44.7. The molecule has 3 aromatic rings. The van der Waals surface area contributed by atoms with Gasteiger partial charge in [-0.15, -0.1) is 0 Å². The molecular weight excluding hydrogens is 499 g/mol. The maximum Gasteiger partial charge on any atom is 0.417 e. The van der Waals surface area contributed by atoms with E-state index >= 15 is 0 Å². The number of halogens is 4. The molecular formula is C24H21ClF3N5O3. The molecule has 36 heavy (non-hydrogen) atoms. The molecule has 8 nitrogen and oxygen atoms in total. The number of unbranched alkanes of at least 4 members (excludes halogenated alkanes) is 1. The zero-order chi connectivity index (χ0) is 26.1. The molecule has 3 N–H and O–H groups in total. The second-order valence-electron chi connectivity index (χ2n) is 7.32. The van der Waals surface area contributed by atoms with E-state index in [4.69, 9.17) is 16.3 Å². The third-order valence-electron chi connectivity index (χ3n) is 4.52. The van der Waals surface area contributed by atoms with Gasteiger partial charge in [0.15, 0.2) is 0 Å². The average molecular weight is 520 g/mol. The first-order valence-electron chi connectivity index (χ1n) is 10.7. The summed E-state index contributed by atoms with van der Waals surface area (Å²) in [6.45, 7) is 1.99. The monoisotopic (exact) mass is 519 g/mol. The van der Waals surface area contributed by atoms with E-state index in [0.717, 1.165) is 25.0 Å². The molecule has 0 aliphatic carbocycles. The third-order valence-corrected chi connectivity index (χ3v) is 4.85. The first-order chi connectivity index (χ1) is 17.2. The lowest BCUT2D eigenvalue weighted by Gasteiger charge is -2.12. The Kier molecular flexibility index (Phi) is 8.85. The fraction of sp³-hybridized carbons (Fsp3) is 0.167. The van der Waals surface area contributed by atoms with Crippen LogP contribution >= 0.6 is 11.6 Å². The predicted molar refractivity (Wildman–Crippen MR) is 131 cm³/mol. The van der Waals surface area contributed by atoms with Crippen LogP contribution in [0.3, 0.4) is 0 Å². The Balaban J connectivity index is 1.58. The number of pyridine rings is 1. The molecule has 0 atom stereocenters. The summed E-state index contributed by atoms with van der Waals surface area (Å²) in [5, 5.41) is 8.20. The number of carbonyl (C=O) groups is 2. The third kappa shape index (κ3) is 7.70. The number of ether oxygens (including phenoxy) is 1. The van der Waals surface area contributed by atoms with Crippen LogP contribution in [0.5, 0.6) is 11.5 Å². The van der Waals surface area contributed by atoms with E-state index in [0.29, 0.717) is 17.2 Å². The largest absolute Gasteiger partial charge is 0.457 e. The van der Waals surface area contributed by atoms with E-state index in [1.165, 1.54) is 30.5 Å². The van der Waals surface area contributed by atoms with Crippen molar-refractivity contribution in [1.29, 1.82) is 0 Å². The predicted octanol–water partition coefficient (Wildman–Crippen LogP) is 6.71. The van der Waals surface area contributed by atoms with E-state index in [1.807, 2.05) is 6.92 Å². The SMILES string of the molecule is CCC/C=N/NC(=O)c1cc(Oc2ccc(NC(=O)Nc3ccc(Cl)c(C(F)(F)F)c3)cc2)ccn1. The molecule has 1 aromatic heterocycles. The summed E-state index contributed by atoms with van der Waals surface area (Å²) in [7, 11) is 0. The van der Waals surface area contributed by atoms with Crippen molar-refractivity contribution in [3.05, 3.63) is 77.1 Å². The van der Waals surface area contributed by atoms with Gasteiger partial charge in [-0.05, 0) is 55.0 Å².